The van der Waals surface area contributed by atoms with Crippen LogP contribution in [0.5, 0.6) is 0 Å². The lowest BCUT2D eigenvalue weighted by Crippen LogP contribution is -2.03. The second-order valence-corrected chi connectivity index (χ2v) is 5.00. The van der Waals surface area contributed by atoms with Gasteiger partial charge in [0.15, 0.2) is 5.78 Å². The van der Waals surface area contributed by atoms with Crippen LogP contribution in [0.2, 0.25) is 0 Å². The maximum Gasteiger partial charge on any atom is 0.167 e. The van der Waals surface area contributed by atoms with Crippen LogP contribution in [0.4, 0.5) is 0 Å². The number of hydrogen-bond donors (Lipinski definition) is 0. The third kappa shape index (κ3) is 0.919. The molecule has 1 aliphatic rings. The lowest BCUT2D eigenvalue weighted by Gasteiger charge is -1.97. The number of Topliss-reactive ketones (excluding diaryl/α,β-unsaturated/α-hetero) is 1. The number of carbonyl (C=O) groups excluding carboxylic acids is 1. The van der Waals surface area contributed by atoms with Gasteiger partial charge in [-0.3, -0.25) is 4.79 Å². The van der Waals surface area contributed by atoms with Crippen molar-refractivity contribution in [2.45, 2.75) is 13.3 Å². The molecule has 1 unspecified atom stereocenters. The Balaban J connectivity index is 2.38. The molecular weight excluding hydrogens is 192 g/mol. The molecule has 1 aliphatic carbocycles. The number of fused-ring (bicyclic) bond motifs is 3. The van der Waals surface area contributed by atoms with E-state index in [1.807, 2.05) is 19.1 Å². The minimum Gasteiger partial charge on any atom is -0.294 e. The van der Waals surface area contributed by atoms with Gasteiger partial charge in [0.1, 0.15) is 0 Å². The summed E-state index contributed by atoms with van der Waals surface area (Å²) in [4.78, 5) is 13.2. The Morgan fingerprint density at radius 3 is 3.00 bits per heavy atom. The predicted molar refractivity (Wildman–Crippen MR) is 59.0 cm³/mol. The Labute approximate surface area is 86.4 Å². The third-order valence-electron chi connectivity index (χ3n) is 2.85. The standard InChI is InChI=1S/C12H10OS/c1-7-6-10-11(12(7)13)8-4-2-3-5-9(8)14-10/h2-5,7H,6H2,1H3. The Hall–Kier alpha value is -1.15. The van der Waals surface area contributed by atoms with Gasteiger partial charge in [-0.2, -0.15) is 0 Å². The van der Waals surface area contributed by atoms with E-state index in [-0.39, 0.29) is 5.92 Å². The van der Waals surface area contributed by atoms with Crippen molar-refractivity contribution < 1.29 is 4.79 Å². The molecule has 0 aliphatic heterocycles. The molecule has 2 heteroatoms. The minimum absolute atomic E-state index is 0.195. The van der Waals surface area contributed by atoms with Gasteiger partial charge in [0.25, 0.3) is 0 Å². The fraction of sp³-hybridized carbons (Fsp3) is 0.250. The normalized spacial score (nSPS) is 20.4. The first kappa shape index (κ1) is 8.18. The molecule has 0 amide bonds. The molecule has 1 heterocycles. The van der Waals surface area contributed by atoms with Crippen LogP contribution in [0.3, 0.4) is 0 Å². The van der Waals surface area contributed by atoms with Crippen molar-refractivity contribution in [3.05, 3.63) is 34.7 Å². The SMILES string of the molecule is CC1Cc2sc3ccccc3c2C1=O. The Morgan fingerprint density at radius 1 is 1.36 bits per heavy atom. The summed E-state index contributed by atoms with van der Waals surface area (Å²) in [5.41, 5.74) is 0.998. The average molecular weight is 202 g/mol. The van der Waals surface area contributed by atoms with Crippen LogP contribution in [0.1, 0.15) is 22.2 Å². The molecule has 0 saturated heterocycles. The van der Waals surface area contributed by atoms with Crippen molar-refractivity contribution in [3.8, 4) is 0 Å². The first-order valence-electron chi connectivity index (χ1n) is 4.82. The second kappa shape index (κ2) is 2.67. The number of thiophene rings is 1. The van der Waals surface area contributed by atoms with E-state index in [0.29, 0.717) is 5.78 Å². The molecule has 1 nitrogen and oxygen atoms in total. The number of benzene rings is 1. The molecule has 0 spiro atoms. The minimum atomic E-state index is 0.195. The summed E-state index contributed by atoms with van der Waals surface area (Å²) in [6.45, 7) is 2.02. The monoisotopic (exact) mass is 202 g/mol. The van der Waals surface area contributed by atoms with E-state index < -0.39 is 0 Å². The summed E-state index contributed by atoms with van der Waals surface area (Å²) in [7, 11) is 0. The van der Waals surface area contributed by atoms with Gasteiger partial charge in [-0.05, 0) is 12.5 Å². The van der Waals surface area contributed by atoms with Gasteiger partial charge in [0.05, 0.1) is 0 Å². The summed E-state index contributed by atoms with van der Waals surface area (Å²) in [6.07, 6.45) is 0.938. The first-order valence-corrected chi connectivity index (χ1v) is 5.63. The molecule has 14 heavy (non-hydrogen) atoms. The van der Waals surface area contributed by atoms with Crippen molar-refractivity contribution in [3.63, 3.8) is 0 Å². The zero-order valence-electron chi connectivity index (χ0n) is 7.91. The Morgan fingerprint density at radius 2 is 2.14 bits per heavy atom. The van der Waals surface area contributed by atoms with Crippen molar-refractivity contribution in [1.82, 2.24) is 0 Å². The van der Waals surface area contributed by atoms with Crippen LogP contribution in [0, 0.1) is 5.92 Å². The van der Waals surface area contributed by atoms with Gasteiger partial charge in [-0.15, -0.1) is 11.3 Å². The molecule has 2 aromatic rings. The van der Waals surface area contributed by atoms with E-state index in [2.05, 4.69) is 12.1 Å². The zero-order valence-corrected chi connectivity index (χ0v) is 8.73. The molecule has 0 radical (unpaired) electrons. The molecule has 1 aromatic heterocycles. The molecule has 70 valence electrons. The van der Waals surface area contributed by atoms with E-state index in [4.69, 9.17) is 0 Å². The molecule has 0 N–H and O–H groups in total. The number of carbonyl (C=O) groups is 1. The van der Waals surface area contributed by atoms with Crippen molar-refractivity contribution in [1.29, 1.82) is 0 Å². The highest BCUT2D eigenvalue weighted by atomic mass is 32.1. The third-order valence-corrected chi connectivity index (χ3v) is 4.05. The summed E-state index contributed by atoms with van der Waals surface area (Å²) < 4.78 is 1.25. The highest BCUT2D eigenvalue weighted by molar-refractivity contribution is 7.19. The van der Waals surface area contributed by atoms with Gasteiger partial charge in [-0.25, -0.2) is 0 Å². The molecule has 1 atom stereocenters. The Bertz CT molecular complexity index is 524. The smallest absolute Gasteiger partial charge is 0.167 e. The summed E-state index contributed by atoms with van der Waals surface area (Å²) in [6, 6.07) is 8.18. The van der Waals surface area contributed by atoms with Crippen LogP contribution in [0.25, 0.3) is 10.1 Å². The van der Waals surface area contributed by atoms with Crippen LogP contribution in [-0.4, -0.2) is 5.78 Å². The Kier molecular flexibility index (Phi) is 1.56. The lowest BCUT2D eigenvalue weighted by molar-refractivity contribution is 0.0947. The summed E-state index contributed by atoms with van der Waals surface area (Å²) in [5.74, 6) is 0.526. The first-order chi connectivity index (χ1) is 6.77. The quantitative estimate of drug-likeness (QED) is 0.640. The van der Waals surface area contributed by atoms with Gasteiger partial charge in [0.2, 0.25) is 0 Å². The highest BCUT2D eigenvalue weighted by Crippen LogP contribution is 2.39. The van der Waals surface area contributed by atoms with Crippen LogP contribution in [0.15, 0.2) is 24.3 Å². The van der Waals surface area contributed by atoms with Crippen molar-refractivity contribution in [2.75, 3.05) is 0 Å². The zero-order chi connectivity index (χ0) is 9.71. The number of ketones is 1. The van der Waals surface area contributed by atoms with E-state index in [0.717, 1.165) is 17.4 Å². The molecule has 1 aromatic carbocycles. The molecule has 0 fully saturated rings. The van der Waals surface area contributed by atoms with Crippen molar-refractivity contribution in [2.24, 2.45) is 5.92 Å². The van der Waals surface area contributed by atoms with Gasteiger partial charge < -0.3 is 0 Å². The highest BCUT2D eigenvalue weighted by Gasteiger charge is 2.30. The second-order valence-electron chi connectivity index (χ2n) is 3.87. The van der Waals surface area contributed by atoms with E-state index >= 15 is 0 Å². The summed E-state index contributed by atoms with van der Waals surface area (Å²) in [5, 5.41) is 1.15. The predicted octanol–water partition coefficient (Wildman–Crippen LogP) is 3.28. The topological polar surface area (TPSA) is 17.1 Å². The van der Waals surface area contributed by atoms with Crippen molar-refractivity contribution >= 4 is 27.2 Å². The average Bonchev–Trinajstić information content (AvgIpc) is 2.65. The van der Waals surface area contributed by atoms with Crippen LogP contribution < -0.4 is 0 Å². The van der Waals surface area contributed by atoms with Crippen LogP contribution >= 0.6 is 11.3 Å². The van der Waals surface area contributed by atoms with E-state index in [1.165, 1.54) is 9.58 Å². The van der Waals surface area contributed by atoms with Gasteiger partial charge in [-0.1, -0.05) is 25.1 Å². The lowest BCUT2D eigenvalue weighted by atomic mass is 10.1. The van der Waals surface area contributed by atoms with Gasteiger partial charge >= 0.3 is 0 Å². The number of rotatable bonds is 0. The molecule has 0 bridgehead atoms. The maximum atomic E-state index is 11.9. The maximum absolute atomic E-state index is 11.9. The molecular formula is C12H10OS. The fourth-order valence-corrected chi connectivity index (χ4v) is 3.47. The molecule has 0 saturated carbocycles. The van der Waals surface area contributed by atoms with Gasteiger partial charge in [0, 0.05) is 26.4 Å². The van der Waals surface area contributed by atoms with E-state index in [9.17, 15) is 4.79 Å². The number of hydrogen-bond acceptors (Lipinski definition) is 2. The van der Waals surface area contributed by atoms with Crippen LogP contribution in [-0.2, 0) is 6.42 Å². The summed E-state index contributed by atoms with van der Waals surface area (Å²) >= 11 is 1.77. The largest absolute Gasteiger partial charge is 0.294 e. The molecule has 3 rings (SSSR count). The van der Waals surface area contributed by atoms with E-state index in [1.54, 1.807) is 11.3 Å². The fourth-order valence-electron chi connectivity index (χ4n) is 2.13.